The van der Waals surface area contributed by atoms with Gasteiger partial charge in [0, 0.05) is 5.56 Å². The molecule has 0 spiro atoms. The Morgan fingerprint density at radius 1 is 1.15 bits per heavy atom. The van der Waals surface area contributed by atoms with Gasteiger partial charge in [0.15, 0.2) is 0 Å². The van der Waals surface area contributed by atoms with Crippen molar-refractivity contribution in [1.82, 2.24) is 0 Å². The highest BCUT2D eigenvalue weighted by molar-refractivity contribution is 7.43. The third-order valence-electron chi connectivity index (χ3n) is 3.90. The first-order valence-corrected chi connectivity index (χ1v) is 14.6. The van der Waals surface area contributed by atoms with E-state index in [1.807, 2.05) is 12.1 Å². The fourth-order valence-electron chi connectivity index (χ4n) is 1.43. The molecule has 1 aromatic rings. The van der Waals surface area contributed by atoms with Gasteiger partial charge in [0.25, 0.3) is 0 Å². The van der Waals surface area contributed by atoms with Gasteiger partial charge in [0.1, 0.15) is 7.59 Å². The van der Waals surface area contributed by atoms with Crippen LogP contribution in [0, 0.1) is 11.5 Å². The van der Waals surface area contributed by atoms with Crippen LogP contribution in [0.5, 0.6) is 0 Å². The minimum Gasteiger partial charge on any atom is -0.373 e. The van der Waals surface area contributed by atoms with Gasteiger partial charge in [-0.2, -0.15) is 0 Å². The lowest BCUT2D eigenvalue weighted by Gasteiger charge is -2.29. The van der Waals surface area contributed by atoms with Crippen LogP contribution in [-0.2, 0) is 11.3 Å². The van der Waals surface area contributed by atoms with E-state index in [2.05, 4.69) is 62.9 Å². The van der Waals surface area contributed by atoms with Gasteiger partial charge < -0.3 is 4.74 Å². The second-order valence-corrected chi connectivity index (χ2v) is 22.8. The lowest BCUT2D eigenvalue weighted by Crippen LogP contribution is -2.51. The van der Waals surface area contributed by atoms with Gasteiger partial charge in [-0.1, -0.05) is 62.9 Å². The minimum atomic E-state index is -1.43. The Morgan fingerprint density at radius 2 is 1.80 bits per heavy atom. The zero-order valence-corrected chi connectivity index (χ0v) is 15.4. The standard InChI is InChI=1S/C17H26OSi2/c1-7-13-18-15-17-11-9-8-10-16(17)12-14-20(5,6)19(2,3)4/h7-11H,1,13,15H2,2-6H3. The first kappa shape index (κ1) is 17.0. The molecule has 0 amide bonds. The summed E-state index contributed by atoms with van der Waals surface area (Å²) in [7, 11) is -2.59. The minimum absolute atomic E-state index is 0.580. The molecule has 0 aromatic heterocycles. The Balaban J connectivity index is 2.96. The van der Waals surface area contributed by atoms with E-state index in [9.17, 15) is 0 Å². The molecule has 0 aliphatic rings. The van der Waals surface area contributed by atoms with Crippen LogP contribution in [0.25, 0.3) is 0 Å². The molecule has 0 fully saturated rings. The van der Waals surface area contributed by atoms with Gasteiger partial charge in [-0.15, -0.1) is 12.1 Å². The molecule has 0 unspecified atom stereocenters. The molecule has 0 N–H and O–H groups in total. The maximum absolute atomic E-state index is 5.54. The highest BCUT2D eigenvalue weighted by Crippen LogP contribution is 2.18. The highest BCUT2D eigenvalue weighted by Gasteiger charge is 2.35. The number of hydrogen-bond donors (Lipinski definition) is 0. The Kier molecular flexibility index (Phi) is 6.00. The predicted molar refractivity (Wildman–Crippen MR) is 94.0 cm³/mol. The average molecular weight is 303 g/mol. The van der Waals surface area contributed by atoms with Gasteiger partial charge >= 0.3 is 0 Å². The van der Waals surface area contributed by atoms with Crippen molar-refractivity contribution in [2.24, 2.45) is 0 Å². The van der Waals surface area contributed by atoms with Crippen molar-refractivity contribution < 1.29 is 4.74 Å². The molecule has 1 aromatic carbocycles. The Morgan fingerprint density at radius 3 is 2.40 bits per heavy atom. The van der Waals surface area contributed by atoms with Crippen molar-refractivity contribution in [1.29, 1.82) is 0 Å². The second-order valence-electron chi connectivity index (χ2n) is 6.59. The molecule has 0 saturated heterocycles. The van der Waals surface area contributed by atoms with Crippen molar-refractivity contribution in [3.8, 4) is 11.5 Å². The summed E-state index contributed by atoms with van der Waals surface area (Å²) in [5.74, 6) is 3.43. The van der Waals surface area contributed by atoms with Gasteiger partial charge in [-0.05, 0) is 11.6 Å². The van der Waals surface area contributed by atoms with Crippen molar-refractivity contribution in [2.45, 2.75) is 39.3 Å². The largest absolute Gasteiger partial charge is 0.373 e. The summed E-state index contributed by atoms with van der Waals surface area (Å²) in [5.41, 5.74) is 5.90. The summed E-state index contributed by atoms with van der Waals surface area (Å²) in [4.78, 5) is 0. The molecule has 0 atom stereocenters. The van der Waals surface area contributed by atoms with E-state index in [0.717, 1.165) is 5.56 Å². The van der Waals surface area contributed by atoms with E-state index in [4.69, 9.17) is 4.74 Å². The molecule has 108 valence electrons. The molecule has 0 radical (unpaired) electrons. The molecular weight excluding hydrogens is 276 g/mol. The predicted octanol–water partition coefficient (Wildman–Crippen LogP) is 4.40. The SMILES string of the molecule is C=CCOCc1ccccc1C#C[Si](C)(C)[Si](C)(C)C. The third-order valence-corrected chi connectivity index (χ3v) is 20.0. The van der Waals surface area contributed by atoms with Crippen LogP contribution in [-0.4, -0.2) is 21.8 Å². The van der Waals surface area contributed by atoms with Crippen LogP contribution in [0.1, 0.15) is 11.1 Å². The van der Waals surface area contributed by atoms with E-state index >= 15 is 0 Å². The van der Waals surface area contributed by atoms with Crippen LogP contribution in [0.2, 0.25) is 32.7 Å². The molecule has 0 bridgehead atoms. The van der Waals surface area contributed by atoms with Crippen molar-refractivity contribution in [2.75, 3.05) is 6.61 Å². The van der Waals surface area contributed by atoms with E-state index in [-0.39, 0.29) is 0 Å². The number of rotatable bonds is 5. The van der Waals surface area contributed by atoms with E-state index < -0.39 is 15.2 Å². The zero-order chi connectivity index (χ0) is 15.2. The average Bonchev–Trinajstić information content (AvgIpc) is 2.36. The summed E-state index contributed by atoms with van der Waals surface area (Å²) in [6, 6.07) is 8.27. The topological polar surface area (TPSA) is 9.23 Å². The number of benzene rings is 1. The summed E-state index contributed by atoms with van der Waals surface area (Å²) in [6.07, 6.45) is 1.77. The van der Waals surface area contributed by atoms with Crippen molar-refractivity contribution in [3.05, 3.63) is 48.0 Å². The van der Waals surface area contributed by atoms with Gasteiger partial charge in [0.2, 0.25) is 0 Å². The Labute approximate surface area is 125 Å². The fraction of sp³-hybridized carbons (Fsp3) is 0.412. The molecule has 0 heterocycles. The van der Waals surface area contributed by atoms with E-state index in [1.54, 1.807) is 6.08 Å². The first-order valence-electron chi connectivity index (χ1n) is 7.07. The Bertz CT molecular complexity index is 516. The smallest absolute Gasteiger partial charge is 0.123 e. The van der Waals surface area contributed by atoms with Crippen LogP contribution in [0.15, 0.2) is 36.9 Å². The maximum atomic E-state index is 5.54. The van der Waals surface area contributed by atoms with Gasteiger partial charge in [0.05, 0.1) is 20.8 Å². The third kappa shape index (κ3) is 4.79. The number of hydrogen-bond acceptors (Lipinski definition) is 1. The molecule has 0 aliphatic carbocycles. The second kappa shape index (κ2) is 7.07. The summed E-state index contributed by atoms with van der Waals surface area (Å²) in [6.45, 7) is 16.9. The molecule has 0 saturated carbocycles. The number of ether oxygens (including phenoxy) is 1. The van der Waals surface area contributed by atoms with E-state index in [0.29, 0.717) is 13.2 Å². The van der Waals surface area contributed by atoms with Crippen LogP contribution < -0.4 is 0 Å². The molecule has 0 aliphatic heterocycles. The lowest BCUT2D eigenvalue weighted by atomic mass is 10.1. The first-order chi connectivity index (χ1) is 9.28. The summed E-state index contributed by atoms with van der Waals surface area (Å²) >= 11 is 0. The van der Waals surface area contributed by atoms with Gasteiger partial charge in [-0.25, -0.2) is 0 Å². The summed E-state index contributed by atoms with van der Waals surface area (Å²) < 4.78 is 5.54. The normalized spacial score (nSPS) is 11.7. The molecule has 3 heteroatoms. The van der Waals surface area contributed by atoms with Crippen molar-refractivity contribution in [3.63, 3.8) is 0 Å². The fourth-order valence-corrected chi connectivity index (χ4v) is 3.57. The Hall–Kier alpha value is -1.09. The highest BCUT2D eigenvalue weighted by atomic mass is 29.3. The zero-order valence-electron chi connectivity index (χ0n) is 13.4. The molecule has 20 heavy (non-hydrogen) atoms. The molecule has 1 nitrogen and oxygen atoms in total. The van der Waals surface area contributed by atoms with Crippen LogP contribution >= 0.6 is 0 Å². The molecule has 1 rings (SSSR count). The maximum Gasteiger partial charge on any atom is 0.123 e. The molecular formula is C17H26OSi2. The van der Waals surface area contributed by atoms with Crippen LogP contribution in [0.3, 0.4) is 0 Å². The van der Waals surface area contributed by atoms with Crippen LogP contribution in [0.4, 0.5) is 0 Å². The van der Waals surface area contributed by atoms with Crippen molar-refractivity contribution >= 4 is 15.2 Å². The lowest BCUT2D eigenvalue weighted by molar-refractivity contribution is 0.148. The monoisotopic (exact) mass is 302 g/mol. The van der Waals surface area contributed by atoms with E-state index in [1.165, 1.54) is 5.56 Å². The quantitative estimate of drug-likeness (QED) is 0.339. The summed E-state index contributed by atoms with van der Waals surface area (Å²) in [5, 5.41) is 0. The van der Waals surface area contributed by atoms with Gasteiger partial charge in [-0.3, -0.25) is 0 Å².